The number of halogens is 1. The first-order valence-electron chi connectivity index (χ1n) is 4.97. The zero-order valence-electron chi connectivity index (χ0n) is 9.00. The average molecular weight is 274 g/mol. The van der Waals surface area contributed by atoms with Crippen LogP contribution in [0.3, 0.4) is 0 Å². The van der Waals surface area contributed by atoms with Crippen LogP contribution in [0.2, 0.25) is 0 Å². The highest BCUT2D eigenvalue weighted by Crippen LogP contribution is 2.19. The van der Waals surface area contributed by atoms with Gasteiger partial charge in [0.1, 0.15) is 12.1 Å². The van der Waals surface area contributed by atoms with E-state index in [2.05, 4.69) is 38.1 Å². The van der Waals surface area contributed by atoms with Crippen LogP contribution in [0.15, 0.2) is 17.0 Å². The third kappa shape index (κ3) is 4.13. The van der Waals surface area contributed by atoms with Gasteiger partial charge in [-0.25, -0.2) is 9.97 Å². The molecule has 0 spiro atoms. The van der Waals surface area contributed by atoms with Crippen molar-refractivity contribution in [3.63, 3.8) is 0 Å². The van der Waals surface area contributed by atoms with Crippen molar-refractivity contribution in [2.75, 3.05) is 11.9 Å². The van der Waals surface area contributed by atoms with E-state index in [-0.39, 0.29) is 0 Å². The SMILES string of the molecule is CCCC(C)(O)CNc1ncncc1Br. The first kappa shape index (κ1) is 12.4. The summed E-state index contributed by atoms with van der Waals surface area (Å²) in [5.74, 6) is 0.710. The Morgan fingerprint density at radius 2 is 2.33 bits per heavy atom. The van der Waals surface area contributed by atoms with Gasteiger partial charge in [-0.2, -0.15) is 0 Å². The maximum absolute atomic E-state index is 9.95. The molecule has 1 aromatic heterocycles. The van der Waals surface area contributed by atoms with Crippen molar-refractivity contribution < 1.29 is 5.11 Å². The summed E-state index contributed by atoms with van der Waals surface area (Å²) in [4.78, 5) is 7.93. The van der Waals surface area contributed by atoms with Gasteiger partial charge in [0, 0.05) is 12.7 Å². The van der Waals surface area contributed by atoms with Gasteiger partial charge in [0.15, 0.2) is 0 Å². The van der Waals surface area contributed by atoms with Crippen molar-refractivity contribution in [3.05, 3.63) is 17.0 Å². The molecule has 0 aliphatic rings. The first-order chi connectivity index (χ1) is 7.05. The number of nitrogens with one attached hydrogen (secondary N) is 1. The molecule has 0 amide bonds. The van der Waals surface area contributed by atoms with Crippen molar-refractivity contribution >= 4 is 21.7 Å². The van der Waals surface area contributed by atoms with Crippen molar-refractivity contribution in [3.8, 4) is 0 Å². The predicted octanol–water partition coefficient (Wildman–Crippen LogP) is 2.20. The van der Waals surface area contributed by atoms with Gasteiger partial charge in [0.05, 0.1) is 10.1 Å². The monoisotopic (exact) mass is 273 g/mol. The number of anilines is 1. The van der Waals surface area contributed by atoms with Gasteiger partial charge in [-0.15, -0.1) is 0 Å². The lowest BCUT2D eigenvalue weighted by Crippen LogP contribution is -2.33. The largest absolute Gasteiger partial charge is 0.388 e. The fourth-order valence-electron chi connectivity index (χ4n) is 1.34. The van der Waals surface area contributed by atoms with Gasteiger partial charge in [0.2, 0.25) is 0 Å². The molecule has 0 radical (unpaired) electrons. The summed E-state index contributed by atoms with van der Waals surface area (Å²) in [5, 5.41) is 13.0. The Balaban J connectivity index is 2.53. The molecule has 0 bridgehead atoms. The average Bonchev–Trinajstić information content (AvgIpc) is 2.16. The second kappa shape index (κ2) is 5.42. The lowest BCUT2D eigenvalue weighted by atomic mass is 10.0. The van der Waals surface area contributed by atoms with Crippen LogP contribution in [0.25, 0.3) is 0 Å². The van der Waals surface area contributed by atoms with E-state index in [1.807, 2.05) is 6.92 Å². The van der Waals surface area contributed by atoms with E-state index < -0.39 is 5.60 Å². The van der Waals surface area contributed by atoms with Crippen molar-refractivity contribution in [2.45, 2.75) is 32.3 Å². The Morgan fingerprint density at radius 3 is 2.93 bits per heavy atom. The third-order valence-electron chi connectivity index (χ3n) is 2.09. The number of nitrogens with zero attached hydrogens (tertiary/aromatic N) is 2. The molecular weight excluding hydrogens is 258 g/mol. The molecule has 84 valence electrons. The fourth-order valence-corrected chi connectivity index (χ4v) is 1.70. The van der Waals surface area contributed by atoms with E-state index in [1.54, 1.807) is 6.20 Å². The molecule has 0 aliphatic carbocycles. The molecule has 0 fully saturated rings. The second-order valence-corrected chi connectivity index (χ2v) is 4.67. The van der Waals surface area contributed by atoms with Crippen LogP contribution in [0.1, 0.15) is 26.7 Å². The minimum absolute atomic E-state index is 0.483. The summed E-state index contributed by atoms with van der Waals surface area (Å²) in [6.45, 7) is 4.35. The summed E-state index contributed by atoms with van der Waals surface area (Å²) in [7, 11) is 0. The number of aliphatic hydroxyl groups is 1. The van der Waals surface area contributed by atoms with Crippen LogP contribution in [0, 0.1) is 0 Å². The highest BCUT2D eigenvalue weighted by molar-refractivity contribution is 9.10. The van der Waals surface area contributed by atoms with Crippen molar-refractivity contribution in [1.82, 2.24) is 9.97 Å². The maximum Gasteiger partial charge on any atom is 0.143 e. The summed E-state index contributed by atoms with van der Waals surface area (Å²) in [6, 6.07) is 0. The van der Waals surface area contributed by atoms with E-state index in [1.165, 1.54) is 6.33 Å². The molecule has 1 rings (SSSR count). The van der Waals surface area contributed by atoms with Gasteiger partial charge in [-0.3, -0.25) is 0 Å². The predicted molar refractivity (Wildman–Crippen MR) is 63.8 cm³/mol. The van der Waals surface area contributed by atoms with Crippen LogP contribution in [0.4, 0.5) is 5.82 Å². The summed E-state index contributed by atoms with van der Waals surface area (Å²) < 4.78 is 0.803. The Labute approximate surface area is 98.3 Å². The summed E-state index contributed by atoms with van der Waals surface area (Å²) in [6.07, 6.45) is 4.87. The van der Waals surface area contributed by atoms with Gasteiger partial charge >= 0.3 is 0 Å². The topological polar surface area (TPSA) is 58.0 Å². The number of hydrogen-bond acceptors (Lipinski definition) is 4. The van der Waals surface area contributed by atoms with Crippen molar-refractivity contribution in [1.29, 1.82) is 0 Å². The summed E-state index contributed by atoms with van der Waals surface area (Å²) >= 11 is 3.33. The molecule has 1 aromatic rings. The van der Waals surface area contributed by atoms with E-state index in [9.17, 15) is 5.11 Å². The zero-order valence-corrected chi connectivity index (χ0v) is 10.6. The Kier molecular flexibility index (Phi) is 4.47. The minimum Gasteiger partial charge on any atom is -0.388 e. The summed E-state index contributed by atoms with van der Waals surface area (Å²) in [5.41, 5.74) is -0.695. The molecular formula is C10H16BrN3O. The molecule has 15 heavy (non-hydrogen) atoms. The lowest BCUT2D eigenvalue weighted by molar-refractivity contribution is 0.0636. The van der Waals surface area contributed by atoms with E-state index in [0.29, 0.717) is 12.4 Å². The Morgan fingerprint density at radius 1 is 1.60 bits per heavy atom. The van der Waals surface area contributed by atoms with Crippen LogP contribution in [-0.2, 0) is 0 Å². The van der Waals surface area contributed by atoms with E-state index in [4.69, 9.17) is 0 Å². The normalized spacial score (nSPS) is 14.7. The highest BCUT2D eigenvalue weighted by Gasteiger charge is 2.19. The molecule has 4 nitrogen and oxygen atoms in total. The quantitative estimate of drug-likeness (QED) is 0.864. The molecule has 0 aliphatic heterocycles. The van der Waals surface area contributed by atoms with Gasteiger partial charge in [0.25, 0.3) is 0 Å². The van der Waals surface area contributed by atoms with Crippen LogP contribution < -0.4 is 5.32 Å². The van der Waals surface area contributed by atoms with Crippen LogP contribution in [0.5, 0.6) is 0 Å². The van der Waals surface area contributed by atoms with Crippen molar-refractivity contribution in [2.24, 2.45) is 0 Å². The highest BCUT2D eigenvalue weighted by atomic mass is 79.9. The van der Waals surface area contributed by atoms with E-state index in [0.717, 1.165) is 17.3 Å². The van der Waals surface area contributed by atoms with Gasteiger partial charge in [-0.05, 0) is 29.3 Å². The zero-order chi connectivity index (χ0) is 11.3. The first-order valence-corrected chi connectivity index (χ1v) is 5.76. The minimum atomic E-state index is -0.695. The maximum atomic E-state index is 9.95. The molecule has 1 heterocycles. The van der Waals surface area contributed by atoms with Crippen LogP contribution >= 0.6 is 15.9 Å². The number of rotatable bonds is 5. The third-order valence-corrected chi connectivity index (χ3v) is 2.67. The molecule has 1 atom stereocenters. The standard InChI is InChI=1S/C10H16BrN3O/c1-3-4-10(2,15)6-13-9-8(11)5-12-7-14-9/h5,7,15H,3-4,6H2,1-2H3,(H,12,13,14). The molecule has 0 saturated carbocycles. The van der Waals surface area contributed by atoms with Crippen LogP contribution in [-0.4, -0.2) is 27.2 Å². The molecule has 0 saturated heterocycles. The van der Waals surface area contributed by atoms with E-state index >= 15 is 0 Å². The second-order valence-electron chi connectivity index (χ2n) is 3.82. The molecule has 5 heteroatoms. The number of hydrogen-bond donors (Lipinski definition) is 2. The number of aromatic nitrogens is 2. The smallest absolute Gasteiger partial charge is 0.143 e. The molecule has 0 aromatic carbocycles. The van der Waals surface area contributed by atoms with Gasteiger partial charge < -0.3 is 10.4 Å². The Bertz CT molecular complexity index is 317. The molecule has 2 N–H and O–H groups in total. The lowest BCUT2D eigenvalue weighted by Gasteiger charge is -2.23. The molecule has 1 unspecified atom stereocenters. The fraction of sp³-hybridized carbons (Fsp3) is 0.600. The Hall–Kier alpha value is -0.680. The van der Waals surface area contributed by atoms with Gasteiger partial charge in [-0.1, -0.05) is 13.3 Å².